The van der Waals surface area contributed by atoms with Gasteiger partial charge in [-0.1, -0.05) is 12.8 Å². The lowest BCUT2D eigenvalue weighted by Gasteiger charge is -2.29. The third kappa shape index (κ3) is 4.81. The zero-order chi connectivity index (χ0) is 23.8. The molecular formula is C26H31N5O4. The van der Waals surface area contributed by atoms with E-state index in [9.17, 15) is 4.79 Å². The van der Waals surface area contributed by atoms with Crippen LogP contribution in [0.3, 0.4) is 0 Å². The number of rotatable bonds is 9. The Labute approximate surface area is 204 Å². The summed E-state index contributed by atoms with van der Waals surface area (Å²) in [7, 11) is 0. The molecule has 0 spiro atoms. The number of aromatic nitrogens is 3. The van der Waals surface area contributed by atoms with E-state index in [-0.39, 0.29) is 6.42 Å². The number of aliphatic imine (C=N–C) groups is 1. The predicted octanol–water partition coefficient (Wildman–Crippen LogP) is 4.48. The van der Waals surface area contributed by atoms with Crippen LogP contribution in [0.15, 0.2) is 23.3 Å². The Bertz CT molecular complexity index is 1120. The number of nitrogens with zero attached hydrogens (tertiary/aromatic N) is 5. The predicted molar refractivity (Wildman–Crippen MR) is 130 cm³/mol. The Morgan fingerprint density at radius 1 is 1.11 bits per heavy atom. The van der Waals surface area contributed by atoms with E-state index in [4.69, 9.17) is 19.6 Å². The fourth-order valence-electron chi connectivity index (χ4n) is 5.39. The number of carbonyl (C=O) groups is 1. The number of anilines is 1. The van der Waals surface area contributed by atoms with Crippen LogP contribution in [-0.4, -0.2) is 51.6 Å². The van der Waals surface area contributed by atoms with E-state index in [1.165, 1.54) is 19.3 Å². The molecule has 1 N–H and O–H groups in total. The minimum absolute atomic E-state index is 0.277. The van der Waals surface area contributed by atoms with E-state index < -0.39 is 5.97 Å². The summed E-state index contributed by atoms with van der Waals surface area (Å²) in [6.45, 7) is 1.75. The van der Waals surface area contributed by atoms with Gasteiger partial charge in [0.1, 0.15) is 12.2 Å². The first kappa shape index (κ1) is 22.2. The van der Waals surface area contributed by atoms with Crippen molar-refractivity contribution in [3.63, 3.8) is 0 Å². The summed E-state index contributed by atoms with van der Waals surface area (Å²) < 4.78 is 11.7. The Balaban J connectivity index is 1.10. The molecule has 4 heterocycles. The van der Waals surface area contributed by atoms with Gasteiger partial charge < -0.3 is 19.5 Å². The van der Waals surface area contributed by atoms with Gasteiger partial charge in [0.05, 0.1) is 25.0 Å². The first-order chi connectivity index (χ1) is 17.1. The third-order valence-electron chi connectivity index (χ3n) is 7.58. The van der Waals surface area contributed by atoms with E-state index >= 15 is 0 Å². The van der Waals surface area contributed by atoms with Crippen molar-refractivity contribution in [3.8, 4) is 11.9 Å². The summed E-state index contributed by atoms with van der Waals surface area (Å²) in [6, 6.07) is 4.53. The highest BCUT2D eigenvalue weighted by atomic mass is 16.5. The maximum atomic E-state index is 11.0. The van der Waals surface area contributed by atoms with Crippen molar-refractivity contribution in [1.82, 2.24) is 15.0 Å². The number of aliphatic carboxylic acids is 1. The van der Waals surface area contributed by atoms with Gasteiger partial charge in [-0.3, -0.25) is 9.78 Å². The first-order valence-corrected chi connectivity index (χ1v) is 12.9. The summed E-state index contributed by atoms with van der Waals surface area (Å²) in [5.41, 5.74) is 2.89. The zero-order valence-corrected chi connectivity index (χ0v) is 19.9. The van der Waals surface area contributed by atoms with Crippen molar-refractivity contribution >= 4 is 23.3 Å². The van der Waals surface area contributed by atoms with Gasteiger partial charge in [0.2, 0.25) is 5.88 Å². The van der Waals surface area contributed by atoms with Crippen LogP contribution in [0.25, 0.3) is 0 Å². The molecule has 2 fully saturated rings. The van der Waals surface area contributed by atoms with E-state index in [0.717, 1.165) is 60.8 Å². The lowest BCUT2D eigenvalue weighted by atomic mass is 9.79. The number of carboxylic acids is 1. The molecule has 0 aromatic carbocycles. The molecule has 2 aromatic heterocycles. The highest BCUT2D eigenvalue weighted by Gasteiger charge is 2.35. The Hall–Kier alpha value is -3.23. The zero-order valence-electron chi connectivity index (χ0n) is 19.9. The first-order valence-electron chi connectivity index (χ1n) is 12.9. The van der Waals surface area contributed by atoms with Crippen LogP contribution in [0.5, 0.6) is 11.9 Å². The summed E-state index contributed by atoms with van der Waals surface area (Å²) in [5, 5.41) is 9.04. The molecule has 2 aliphatic heterocycles. The van der Waals surface area contributed by atoms with Gasteiger partial charge in [-0.05, 0) is 62.5 Å². The van der Waals surface area contributed by atoms with Gasteiger partial charge in [-0.2, -0.15) is 9.97 Å². The molecule has 6 rings (SSSR count). The standard InChI is InChI=1S/C26H31N5O4/c32-21(33)14-17-5-7-18(8-6-17)20-10-9-19(15-27-20)31-11-13-34-25-22-23(28-24(22)31)29-26(30-25)35-12-1-2-16-3-4-16/h9-10,15-18H,1-8,11-14H2,(H,32,33)/t17-,18+. The Morgan fingerprint density at radius 3 is 2.69 bits per heavy atom. The highest BCUT2D eigenvalue weighted by Crippen LogP contribution is 2.41. The van der Waals surface area contributed by atoms with Crippen molar-refractivity contribution in [3.05, 3.63) is 29.6 Å². The van der Waals surface area contributed by atoms with Gasteiger partial charge >= 0.3 is 12.0 Å². The average Bonchev–Trinajstić information content (AvgIpc) is 3.68. The Kier molecular flexibility index (Phi) is 6.00. The molecule has 4 aliphatic rings. The van der Waals surface area contributed by atoms with Crippen molar-refractivity contribution in [1.29, 1.82) is 0 Å². The molecule has 184 valence electrons. The number of ether oxygens (including phenoxy) is 2. The van der Waals surface area contributed by atoms with Crippen LogP contribution in [-0.2, 0) is 4.79 Å². The van der Waals surface area contributed by atoms with Crippen LogP contribution in [0.1, 0.15) is 75.0 Å². The second kappa shape index (κ2) is 9.43. The normalized spacial score (nSPS) is 22.9. The minimum atomic E-state index is -0.695. The second-order valence-corrected chi connectivity index (χ2v) is 10.1. The fraction of sp³-hybridized carbons (Fsp3) is 0.577. The van der Waals surface area contributed by atoms with Gasteiger partial charge in [0.15, 0.2) is 11.7 Å². The fourth-order valence-corrected chi connectivity index (χ4v) is 5.39. The average molecular weight is 478 g/mol. The highest BCUT2D eigenvalue weighted by molar-refractivity contribution is 6.20. The molecular weight excluding hydrogens is 446 g/mol. The van der Waals surface area contributed by atoms with E-state index in [1.807, 2.05) is 6.20 Å². The lowest BCUT2D eigenvalue weighted by Crippen LogP contribution is -2.36. The number of hydrogen-bond donors (Lipinski definition) is 1. The molecule has 35 heavy (non-hydrogen) atoms. The minimum Gasteiger partial charge on any atom is -0.481 e. The van der Waals surface area contributed by atoms with E-state index in [0.29, 0.717) is 49.3 Å². The molecule has 2 saturated carbocycles. The molecule has 0 bridgehead atoms. The summed E-state index contributed by atoms with van der Waals surface area (Å²) in [5.74, 6) is 2.87. The molecule has 0 amide bonds. The number of pyridine rings is 1. The molecule has 0 atom stereocenters. The smallest absolute Gasteiger partial charge is 0.321 e. The van der Waals surface area contributed by atoms with Gasteiger partial charge in [0.25, 0.3) is 0 Å². The summed E-state index contributed by atoms with van der Waals surface area (Å²) in [4.78, 5) is 31.5. The molecule has 2 aromatic rings. The molecule has 2 aliphatic carbocycles. The van der Waals surface area contributed by atoms with Crippen LogP contribution >= 0.6 is 0 Å². The molecule has 0 unspecified atom stereocenters. The van der Waals surface area contributed by atoms with Crippen LogP contribution < -0.4 is 14.4 Å². The molecule has 0 saturated heterocycles. The van der Waals surface area contributed by atoms with Crippen molar-refractivity contribution < 1.29 is 19.4 Å². The molecule has 9 heteroatoms. The quantitative estimate of drug-likeness (QED) is 0.527. The van der Waals surface area contributed by atoms with Crippen molar-refractivity contribution in [2.75, 3.05) is 24.7 Å². The number of hydrogen-bond acceptors (Lipinski definition) is 8. The van der Waals surface area contributed by atoms with Gasteiger partial charge in [0, 0.05) is 18.0 Å². The Morgan fingerprint density at radius 2 is 1.94 bits per heavy atom. The van der Waals surface area contributed by atoms with Crippen LogP contribution in [0.2, 0.25) is 0 Å². The third-order valence-corrected chi connectivity index (χ3v) is 7.58. The maximum absolute atomic E-state index is 11.0. The van der Waals surface area contributed by atoms with Gasteiger partial charge in [-0.25, -0.2) is 4.99 Å². The van der Waals surface area contributed by atoms with Crippen molar-refractivity contribution in [2.24, 2.45) is 16.8 Å². The lowest BCUT2D eigenvalue weighted by molar-refractivity contribution is -0.138. The topological polar surface area (TPSA) is 110 Å². The summed E-state index contributed by atoms with van der Waals surface area (Å²) >= 11 is 0. The van der Waals surface area contributed by atoms with Crippen LogP contribution in [0, 0.1) is 11.8 Å². The SMILES string of the molecule is O=C(O)C[C@H]1CC[C@@H](c2ccc(N3CCOc4nc(OCCCC5CC5)nc5c4C3=N5)cn2)CC1. The number of amidine groups is 1. The van der Waals surface area contributed by atoms with Crippen molar-refractivity contribution in [2.45, 2.75) is 63.7 Å². The maximum Gasteiger partial charge on any atom is 0.321 e. The van der Waals surface area contributed by atoms with E-state index in [1.54, 1.807) is 0 Å². The van der Waals surface area contributed by atoms with E-state index in [2.05, 4.69) is 32.0 Å². The van der Waals surface area contributed by atoms with Crippen LogP contribution in [0.4, 0.5) is 11.5 Å². The number of carboxylic acid groups (broad SMARTS) is 1. The summed E-state index contributed by atoms with van der Waals surface area (Å²) in [6.07, 6.45) is 11.0. The largest absolute Gasteiger partial charge is 0.481 e. The second-order valence-electron chi connectivity index (χ2n) is 10.1. The van der Waals surface area contributed by atoms with Gasteiger partial charge in [-0.15, -0.1) is 0 Å². The molecule has 0 radical (unpaired) electrons. The monoisotopic (exact) mass is 477 g/mol. The molecule has 9 nitrogen and oxygen atoms in total.